The molecule has 0 aliphatic heterocycles. The van der Waals surface area contributed by atoms with Gasteiger partial charge in [-0.1, -0.05) is 17.7 Å². The summed E-state index contributed by atoms with van der Waals surface area (Å²) in [6.07, 6.45) is 0.488. The minimum absolute atomic E-state index is 0.0355. The van der Waals surface area contributed by atoms with Crippen molar-refractivity contribution in [1.82, 2.24) is 0 Å². The normalized spacial score (nSPS) is 11.3. The summed E-state index contributed by atoms with van der Waals surface area (Å²) in [5.74, 6) is -1.52. The summed E-state index contributed by atoms with van der Waals surface area (Å²) in [7, 11) is 0. The number of benzene rings is 1. The van der Waals surface area contributed by atoms with E-state index in [1.807, 2.05) is 0 Å². The summed E-state index contributed by atoms with van der Waals surface area (Å²) < 4.78 is 18.1. The third kappa shape index (κ3) is 2.52. The van der Waals surface area contributed by atoms with Crippen molar-refractivity contribution in [2.45, 2.75) is 6.92 Å². The van der Waals surface area contributed by atoms with Gasteiger partial charge in [-0.3, -0.25) is 0 Å². The van der Waals surface area contributed by atoms with Crippen LogP contribution in [-0.4, -0.2) is 17.7 Å². The Morgan fingerprint density at radius 1 is 1.62 bits per heavy atom. The lowest BCUT2D eigenvalue weighted by Gasteiger charge is -2.08. The molecule has 0 spiro atoms. The average molecular weight is 245 g/mol. The van der Waals surface area contributed by atoms with E-state index in [-0.39, 0.29) is 22.8 Å². The number of carbonyl (C=O) groups is 1. The molecular formula is C11H10ClFO3. The number of esters is 1. The second-order valence-corrected chi connectivity index (χ2v) is 3.27. The molecule has 0 aliphatic carbocycles. The van der Waals surface area contributed by atoms with Gasteiger partial charge in [-0.15, -0.1) is 0 Å². The van der Waals surface area contributed by atoms with E-state index in [1.54, 1.807) is 6.92 Å². The lowest BCUT2D eigenvalue weighted by Crippen LogP contribution is -2.08. The van der Waals surface area contributed by atoms with Crippen LogP contribution in [0, 0.1) is 5.82 Å². The van der Waals surface area contributed by atoms with Crippen LogP contribution in [0.2, 0.25) is 5.02 Å². The maximum Gasteiger partial charge on any atom is 0.342 e. The predicted octanol–water partition coefficient (Wildman–Crippen LogP) is 2.94. The third-order valence-corrected chi connectivity index (χ3v) is 2.17. The van der Waals surface area contributed by atoms with Crippen molar-refractivity contribution in [1.29, 1.82) is 0 Å². The molecule has 1 rings (SSSR count). The molecule has 1 aromatic carbocycles. The molecule has 0 unspecified atom stereocenters. The molecule has 0 aliphatic rings. The minimum Gasteiger partial charge on any atom is -0.515 e. The molecule has 0 amide bonds. The van der Waals surface area contributed by atoms with Crippen LogP contribution >= 0.6 is 11.6 Å². The van der Waals surface area contributed by atoms with Gasteiger partial charge in [0.05, 0.1) is 17.9 Å². The highest BCUT2D eigenvalue weighted by molar-refractivity contribution is 6.34. The Hall–Kier alpha value is -1.55. The third-order valence-electron chi connectivity index (χ3n) is 1.86. The van der Waals surface area contributed by atoms with Crippen LogP contribution < -0.4 is 0 Å². The first kappa shape index (κ1) is 12.5. The highest BCUT2D eigenvalue weighted by atomic mass is 35.5. The maximum atomic E-state index is 13.4. The Labute approximate surface area is 97.1 Å². The first-order valence-electron chi connectivity index (χ1n) is 4.57. The molecule has 0 radical (unpaired) electrons. The number of hydrogen-bond donors (Lipinski definition) is 1. The summed E-state index contributed by atoms with van der Waals surface area (Å²) >= 11 is 5.75. The first-order valence-corrected chi connectivity index (χ1v) is 4.95. The zero-order valence-electron chi connectivity index (χ0n) is 8.54. The van der Waals surface area contributed by atoms with E-state index in [4.69, 9.17) is 16.7 Å². The van der Waals surface area contributed by atoms with Crippen molar-refractivity contribution < 1.29 is 19.0 Å². The summed E-state index contributed by atoms with van der Waals surface area (Å²) in [4.78, 5) is 11.4. The van der Waals surface area contributed by atoms with Gasteiger partial charge in [0.2, 0.25) is 0 Å². The van der Waals surface area contributed by atoms with Crippen molar-refractivity contribution in [2.75, 3.05) is 6.61 Å². The van der Waals surface area contributed by atoms with E-state index in [9.17, 15) is 9.18 Å². The minimum atomic E-state index is -0.822. The van der Waals surface area contributed by atoms with Gasteiger partial charge >= 0.3 is 5.97 Å². The van der Waals surface area contributed by atoms with Crippen LogP contribution in [0.4, 0.5) is 4.39 Å². The van der Waals surface area contributed by atoms with Crippen LogP contribution in [0.15, 0.2) is 24.5 Å². The quantitative estimate of drug-likeness (QED) is 0.505. The second kappa shape index (κ2) is 5.51. The molecule has 0 heterocycles. The average Bonchev–Trinajstić information content (AvgIpc) is 2.24. The van der Waals surface area contributed by atoms with Crippen molar-refractivity contribution in [3.8, 4) is 0 Å². The van der Waals surface area contributed by atoms with Crippen LogP contribution in [0.1, 0.15) is 12.5 Å². The summed E-state index contributed by atoms with van der Waals surface area (Å²) in [5.41, 5.74) is -0.463. The van der Waals surface area contributed by atoms with Crippen molar-refractivity contribution in [2.24, 2.45) is 0 Å². The molecule has 0 aromatic heterocycles. The zero-order valence-corrected chi connectivity index (χ0v) is 9.29. The van der Waals surface area contributed by atoms with Gasteiger partial charge < -0.3 is 9.84 Å². The molecule has 0 fully saturated rings. The Kier molecular flexibility index (Phi) is 4.31. The fraction of sp³-hybridized carbons (Fsp3) is 0.182. The van der Waals surface area contributed by atoms with Gasteiger partial charge in [-0.2, -0.15) is 0 Å². The number of halogens is 2. The zero-order chi connectivity index (χ0) is 12.1. The molecule has 1 aromatic rings. The van der Waals surface area contributed by atoms with Gasteiger partial charge in [0.1, 0.15) is 11.4 Å². The van der Waals surface area contributed by atoms with Gasteiger partial charge in [0.15, 0.2) is 0 Å². The number of aliphatic hydroxyl groups is 1. The fourth-order valence-electron chi connectivity index (χ4n) is 1.18. The van der Waals surface area contributed by atoms with E-state index < -0.39 is 11.8 Å². The van der Waals surface area contributed by atoms with Crippen LogP contribution in [-0.2, 0) is 9.53 Å². The summed E-state index contributed by atoms with van der Waals surface area (Å²) in [6.45, 7) is 1.73. The SMILES string of the molecule is CCOC(=O)/C(=C\O)c1c(F)cccc1Cl. The Bertz CT molecular complexity index is 409. The van der Waals surface area contributed by atoms with E-state index in [2.05, 4.69) is 4.74 Å². The molecule has 1 N–H and O–H groups in total. The van der Waals surface area contributed by atoms with Crippen LogP contribution in [0.3, 0.4) is 0 Å². The molecule has 86 valence electrons. The Morgan fingerprint density at radius 3 is 2.81 bits per heavy atom. The number of ether oxygens (including phenoxy) is 1. The van der Waals surface area contributed by atoms with Crippen molar-refractivity contribution in [3.05, 3.63) is 40.9 Å². The molecule has 0 atom stereocenters. The van der Waals surface area contributed by atoms with Gasteiger partial charge in [0.25, 0.3) is 0 Å². The lowest BCUT2D eigenvalue weighted by atomic mass is 10.1. The van der Waals surface area contributed by atoms with Crippen LogP contribution in [0.5, 0.6) is 0 Å². The van der Waals surface area contributed by atoms with Gasteiger partial charge in [0, 0.05) is 5.56 Å². The summed E-state index contributed by atoms with van der Waals surface area (Å²) in [6, 6.07) is 3.97. The molecule has 5 heteroatoms. The number of carbonyl (C=O) groups excluding carboxylic acids is 1. The lowest BCUT2D eigenvalue weighted by molar-refractivity contribution is -0.136. The molecule has 0 bridgehead atoms. The fourth-order valence-corrected chi connectivity index (χ4v) is 1.45. The number of rotatable bonds is 3. The molecule has 3 nitrogen and oxygen atoms in total. The molecule has 0 saturated carbocycles. The number of hydrogen-bond acceptors (Lipinski definition) is 3. The topological polar surface area (TPSA) is 46.5 Å². The Balaban J connectivity index is 3.20. The van der Waals surface area contributed by atoms with E-state index >= 15 is 0 Å². The summed E-state index contributed by atoms with van der Waals surface area (Å²) in [5, 5.41) is 8.97. The molecular weight excluding hydrogens is 235 g/mol. The second-order valence-electron chi connectivity index (χ2n) is 2.86. The standard InChI is InChI=1S/C11H10ClFO3/c1-2-16-11(15)7(6-14)10-8(12)4-3-5-9(10)13/h3-6,14H,2H2,1H3/b7-6-. The smallest absolute Gasteiger partial charge is 0.342 e. The van der Waals surface area contributed by atoms with E-state index in [1.165, 1.54) is 12.1 Å². The van der Waals surface area contributed by atoms with Gasteiger partial charge in [-0.05, 0) is 19.1 Å². The van der Waals surface area contributed by atoms with Crippen LogP contribution in [0.25, 0.3) is 5.57 Å². The molecule has 16 heavy (non-hydrogen) atoms. The Morgan fingerprint density at radius 2 is 2.31 bits per heavy atom. The highest BCUT2D eigenvalue weighted by Crippen LogP contribution is 2.27. The highest BCUT2D eigenvalue weighted by Gasteiger charge is 2.20. The van der Waals surface area contributed by atoms with E-state index in [0.29, 0.717) is 6.26 Å². The monoisotopic (exact) mass is 244 g/mol. The molecule has 0 saturated heterocycles. The van der Waals surface area contributed by atoms with Crippen molar-refractivity contribution in [3.63, 3.8) is 0 Å². The largest absolute Gasteiger partial charge is 0.515 e. The van der Waals surface area contributed by atoms with E-state index in [0.717, 1.165) is 6.07 Å². The number of aliphatic hydroxyl groups excluding tert-OH is 1. The van der Waals surface area contributed by atoms with Gasteiger partial charge in [-0.25, -0.2) is 9.18 Å². The maximum absolute atomic E-state index is 13.4. The van der Waals surface area contributed by atoms with Crippen molar-refractivity contribution >= 4 is 23.1 Å². The first-order chi connectivity index (χ1) is 7.61. The predicted molar refractivity (Wildman–Crippen MR) is 58.6 cm³/mol.